The average molecular weight is 263 g/mol. The first-order valence-corrected chi connectivity index (χ1v) is 6.30. The zero-order chi connectivity index (χ0) is 13.9. The van der Waals surface area contributed by atoms with Gasteiger partial charge in [0.1, 0.15) is 5.75 Å². The van der Waals surface area contributed by atoms with E-state index in [0.717, 1.165) is 10.8 Å². The number of pyridine rings is 1. The molecule has 98 valence electrons. The van der Waals surface area contributed by atoms with Gasteiger partial charge in [-0.25, -0.2) is 0 Å². The molecule has 0 spiro atoms. The first-order chi connectivity index (χ1) is 9.78. The van der Waals surface area contributed by atoms with E-state index < -0.39 is 0 Å². The fraction of sp³-hybridized carbons (Fsp3) is 0.0588. The van der Waals surface area contributed by atoms with Crippen LogP contribution in [0.1, 0.15) is 15.9 Å². The van der Waals surface area contributed by atoms with E-state index in [0.29, 0.717) is 16.9 Å². The van der Waals surface area contributed by atoms with Crippen LogP contribution >= 0.6 is 0 Å². The minimum absolute atomic E-state index is 0.0536. The van der Waals surface area contributed by atoms with Crippen LogP contribution in [0.2, 0.25) is 0 Å². The van der Waals surface area contributed by atoms with Crippen LogP contribution in [0.25, 0.3) is 10.8 Å². The van der Waals surface area contributed by atoms with E-state index in [1.165, 1.54) is 0 Å². The number of hydrogen-bond acceptors (Lipinski definition) is 3. The highest BCUT2D eigenvalue weighted by atomic mass is 16.5. The van der Waals surface area contributed by atoms with Gasteiger partial charge in [0.2, 0.25) is 0 Å². The Balaban J connectivity index is 2.03. The zero-order valence-corrected chi connectivity index (χ0v) is 11.0. The molecule has 0 unspecified atom stereocenters. The molecule has 3 heteroatoms. The quantitative estimate of drug-likeness (QED) is 0.679. The van der Waals surface area contributed by atoms with Gasteiger partial charge in [-0.1, -0.05) is 36.4 Å². The summed E-state index contributed by atoms with van der Waals surface area (Å²) in [6.07, 6.45) is 3.14. The summed E-state index contributed by atoms with van der Waals surface area (Å²) < 4.78 is 5.10. The highest BCUT2D eigenvalue weighted by molar-refractivity contribution is 6.10. The van der Waals surface area contributed by atoms with Crippen molar-refractivity contribution >= 4 is 16.6 Å². The summed E-state index contributed by atoms with van der Waals surface area (Å²) in [5.41, 5.74) is 1.18. The van der Waals surface area contributed by atoms with Gasteiger partial charge in [-0.15, -0.1) is 0 Å². The van der Waals surface area contributed by atoms with Gasteiger partial charge in [-0.2, -0.15) is 0 Å². The second kappa shape index (κ2) is 5.13. The molecule has 0 saturated carbocycles. The van der Waals surface area contributed by atoms with Gasteiger partial charge in [0, 0.05) is 17.3 Å². The monoisotopic (exact) mass is 263 g/mol. The summed E-state index contributed by atoms with van der Waals surface area (Å²) in [5, 5.41) is 2.17. The average Bonchev–Trinajstić information content (AvgIpc) is 2.53. The Morgan fingerprint density at radius 3 is 2.55 bits per heavy atom. The number of benzene rings is 2. The molecule has 0 aliphatic rings. The van der Waals surface area contributed by atoms with Gasteiger partial charge in [0.15, 0.2) is 5.78 Å². The highest BCUT2D eigenvalue weighted by Crippen LogP contribution is 2.19. The number of carbonyl (C=O) groups excluding carboxylic acids is 1. The molecule has 20 heavy (non-hydrogen) atoms. The van der Waals surface area contributed by atoms with Crippen molar-refractivity contribution in [1.29, 1.82) is 0 Å². The van der Waals surface area contributed by atoms with Crippen molar-refractivity contribution in [2.24, 2.45) is 0 Å². The Morgan fingerprint density at radius 2 is 1.75 bits per heavy atom. The van der Waals surface area contributed by atoms with Crippen molar-refractivity contribution in [2.75, 3.05) is 7.11 Å². The van der Waals surface area contributed by atoms with Crippen LogP contribution in [0.3, 0.4) is 0 Å². The lowest BCUT2D eigenvalue weighted by Crippen LogP contribution is -2.02. The smallest absolute Gasteiger partial charge is 0.194 e. The van der Waals surface area contributed by atoms with E-state index in [-0.39, 0.29) is 5.78 Å². The first-order valence-electron chi connectivity index (χ1n) is 6.30. The van der Waals surface area contributed by atoms with Crippen molar-refractivity contribution in [3.05, 3.63) is 72.1 Å². The molecular formula is C17H13NO2. The van der Waals surface area contributed by atoms with Gasteiger partial charge in [0.05, 0.1) is 13.3 Å². The third-order valence-electron chi connectivity index (χ3n) is 3.22. The third kappa shape index (κ3) is 2.26. The van der Waals surface area contributed by atoms with E-state index in [4.69, 9.17) is 4.74 Å². The summed E-state index contributed by atoms with van der Waals surface area (Å²) in [6.45, 7) is 0. The lowest BCUT2D eigenvalue weighted by molar-refractivity contribution is 0.103. The van der Waals surface area contributed by atoms with Crippen LogP contribution < -0.4 is 4.74 Å². The molecule has 0 radical (unpaired) electrons. The lowest BCUT2D eigenvalue weighted by atomic mass is 10.0. The number of methoxy groups -OCH3 is 1. The lowest BCUT2D eigenvalue weighted by Gasteiger charge is -2.05. The Hall–Kier alpha value is -2.68. The molecule has 0 aliphatic heterocycles. The van der Waals surface area contributed by atoms with Crippen molar-refractivity contribution in [2.45, 2.75) is 0 Å². The number of rotatable bonds is 3. The Kier molecular flexibility index (Phi) is 3.17. The number of nitrogens with zero attached hydrogens (tertiary/aromatic N) is 1. The van der Waals surface area contributed by atoms with Gasteiger partial charge in [-0.3, -0.25) is 9.78 Å². The normalized spacial score (nSPS) is 10.4. The van der Waals surface area contributed by atoms with Crippen LogP contribution in [0.5, 0.6) is 5.75 Å². The fourth-order valence-electron chi connectivity index (χ4n) is 2.15. The summed E-state index contributed by atoms with van der Waals surface area (Å²) in [6, 6.07) is 15.4. The maximum absolute atomic E-state index is 12.5. The number of hydrogen-bond donors (Lipinski definition) is 0. The summed E-state index contributed by atoms with van der Waals surface area (Å²) in [7, 11) is 1.56. The molecule has 1 heterocycles. The minimum Gasteiger partial charge on any atom is -0.495 e. The second-order valence-electron chi connectivity index (χ2n) is 4.50. The van der Waals surface area contributed by atoms with Gasteiger partial charge >= 0.3 is 0 Å². The Morgan fingerprint density at radius 1 is 0.950 bits per heavy atom. The molecule has 0 saturated heterocycles. The molecule has 3 aromatic rings. The fourth-order valence-corrected chi connectivity index (χ4v) is 2.15. The molecule has 3 nitrogen and oxygen atoms in total. The van der Waals surface area contributed by atoms with Gasteiger partial charge in [0.25, 0.3) is 0 Å². The standard InChI is InChI=1S/C17H13NO2/c1-20-16-9-15(10-18-11-16)17(19)14-7-6-12-4-2-3-5-13(12)8-14/h2-11H,1H3. The van der Waals surface area contributed by atoms with Crippen molar-refractivity contribution in [1.82, 2.24) is 4.98 Å². The topological polar surface area (TPSA) is 39.2 Å². The van der Waals surface area contributed by atoms with Crippen molar-refractivity contribution in [3.8, 4) is 5.75 Å². The molecule has 1 aromatic heterocycles. The molecule has 2 aromatic carbocycles. The number of ether oxygens (including phenoxy) is 1. The second-order valence-corrected chi connectivity index (χ2v) is 4.50. The van der Waals surface area contributed by atoms with Crippen LogP contribution in [0, 0.1) is 0 Å². The van der Waals surface area contributed by atoms with E-state index >= 15 is 0 Å². The third-order valence-corrected chi connectivity index (χ3v) is 3.22. The number of aromatic nitrogens is 1. The molecule has 0 aliphatic carbocycles. The Bertz CT molecular complexity index is 781. The Labute approximate surface area is 116 Å². The van der Waals surface area contributed by atoms with Gasteiger partial charge in [-0.05, 0) is 22.9 Å². The summed E-state index contributed by atoms with van der Waals surface area (Å²) in [4.78, 5) is 16.5. The molecule has 3 rings (SSSR count). The molecule has 0 fully saturated rings. The number of ketones is 1. The van der Waals surface area contributed by atoms with Crippen molar-refractivity contribution < 1.29 is 9.53 Å². The predicted octanol–water partition coefficient (Wildman–Crippen LogP) is 3.47. The van der Waals surface area contributed by atoms with E-state index in [1.807, 2.05) is 42.5 Å². The molecule has 0 amide bonds. The summed E-state index contributed by atoms with van der Waals surface area (Å²) in [5.74, 6) is 0.527. The zero-order valence-electron chi connectivity index (χ0n) is 11.0. The predicted molar refractivity (Wildman–Crippen MR) is 78.2 cm³/mol. The van der Waals surface area contributed by atoms with Crippen LogP contribution in [-0.4, -0.2) is 17.9 Å². The SMILES string of the molecule is COc1cncc(C(=O)c2ccc3ccccc3c2)c1. The maximum Gasteiger partial charge on any atom is 0.194 e. The first kappa shape index (κ1) is 12.4. The molecule has 0 bridgehead atoms. The van der Waals surface area contributed by atoms with Crippen LogP contribution in [0.15, 0.2) is 60.9 Å². The van der Waals surface area contributed by atoms with Crippen molar-refractivity contribution in [3.63, 3.8) is 0 Å². The molecular weight excluding hydrogens is 250 g/mol. The molecule has 0 N–H and O–H groups in total. The van der Waals surface area contributed by atoms with E-state index in [2.05, 4.69) is 4.98 Å². The minimum atomic E-state index is -0.0536. The van der Waals surface area contributed by atoms with Gasteiger partial charge < -0.3 is 4.74 Å². The molecule has 0 atom stereocenters. The van der Waals surface area contributed by atoms with E-state index in [1.54, 1.807) is 25.6 Å². The maximum atomic E-state index is 12.5. The summed E-state index contributed by atoms with van der Waals surface area (Å²) >= 11 is 0. The number of fused-ring (bicyclic) bond motifs is 1. The van der Waals surface area contributed by atoms with E-state index in [9.17, 15) is 4.79 Å². The highest BCUT2D eigenvalue weighted by Gasteiger charge is 2.11. The number of carbonyl (C=O) groups is 1. The van der Waals surface area contributed by atoms with Crippen LogP contribution in [-0.2, 0) is 0 Å². The van der Waals surface area contributed by atoms with Crippen LogP contribution in [0.4, 0.5) is 0 Å². The largest absolute Gasteiger partial charge is 0.495 e.